The van der Waals surface area contributed by atoms with Gasteiger partial charge >= 0.3 is 0 Å². The molecule has 2 N–H and O–H groups in total. The molecule has 0 spiro atoms. The summed E-state index contributed by atoms with van der Waals surface area (Å²) < 4.78 is 24.0. The van der Waals surface area contributed by atoms with Gasteiger partial charge < -0.3 is 10.4 Å². The minimum atomic E-state index is -2.71. The van der Waals surface area contributed by atoms with E-state index in [4.69, 9.17) is 5.11 Å². The van der Waals surface area contributed by atoms with Crippen LogP contribution >= 0.6 is 0 Å². The second-order valence-corrected chi connectivity index (χ2v) is 3.31. The highest BCUT2D eigenvalue weighted by atomic mass is 19.3. The van der Waals surface area contributed by atoms with Gasteiger partial charge in [-0.2, -0.15) is 0 Å². The van der Waals surface area contributed by atoms with E-state index in [1.54, 1.807) is 24.5 Å². The molecule has 2 unspecified atom stereocenters. The summed E-state index contributed by atoms with van der Waals surface area (Å²) in [5.41, 5.74) is 0.950. The Labute approximate surface area is 87.2 Å². The summed E-state index contributed by atoms with van der Waals surface area (Å²) in [4.78, 5) is 3.85. The second kappa shape index (κ2) is 5.72. The minimum Gasteiger partial charge on any atom is -0.386 e. The average Bonchev–Trinajstić information content (AvgIpc) is 2.26. The van der Waals surface area contributed by atoms with E-state index in [2.05, 4.69) is 10.3 Å². The molecule has 0 aliphatic heterocycles. The molecule has 1 aromatic heterocycles. The number of nitrogens with zero attached hydrogens (tertiary/aromatic N) is 1. The van der Waals surface area contributed by atoms with E-state index in [0.29, 0.717) is 0 Å². The Morgan fingerprint density at radius 3 is 2.53 bits per heavy atom. The number of halogens is 2. The molecule has 0 bridgehead atoms. The fraction of sp³-hybridized carbons (Fsp3) is 0.500. The van der Waals surface area contributed by atoms with Gasteiger partial charge in [0.1, 0.15) is 6.10 Å². The van der Waals surface area contributed by atoms with Gasteiger partial charge in [0.05, 0.1) is 0 Å². The van der Waals surface area contributed by atoms with E-state index in [1.807, 2.05) is 6.92 Å². The van der Waals surface area contributed by atoms with E-state index in [1.165, 1.54) is 0 Å². The third kappa shape index (κ3) is 3.89. The van der Waals surface area contributed by atoms with Gasteiger partial charge in [-0.05, 0) is 24.6 Å². The zero-order valence-corrected chi connectivity index (χ0v) is 8.40. The van der Waals surface area contributed by atoms with Crippen LogP contribution in [0, 0.1) is 0 Å². The molecule has 0 aromatic carbocycles. The summed E-state index contributed by atoms with van der Waals surface area (Å²) in [7, 11) is 0. The van der Waals surface area contributed by atoms with E-state index in [0.717, 1.165) is 5.56 Å². The molecule has 1 rings (SSSR count). The van der Waals surface area contributed by atoms with E-state index < -0.39 is 12.5 Å². The van der Waals surface area contributed by atoms with Crippen molar-refractivity contribution in [1.29, 1.82) is 0 Å². The number of hydrogen-bond donors (Lipinski definition) is 2. The number of rotatable bonds is 5. The number of aliphatic hydroxyl groups is 1. The molecule has 1 heterocycles. The fourth-order valence-corrected chi connectivity index (χ4v) is 1.16. The van der Waals surface area contributed by atoms with E-state index >= 15 is 0 Å². The SMILES string of the molecule is CC(NCC(O)C(F)F)c1ccncc1. The lowest BCUT2D eigenvalue weighted by Gasteiger charge is -2.16. The molecule has 1 aromatic rings. The summed E-state index contributed by atoms with van der Waals surface area (Å²) in [5.74, 6) is 0. The van der Waals surface area contributed by atoms with Gasteiger partial charge in [0.2, 0.25) is 0 Å². The first-order valence-corrected chi connectivity index (χ1v) is 4.70. The molecule has 0 amide bonds. The van der Waals surface area contributed by atoms with Crippen molar-refractivity contribution in [3.63, 3.8) is 0 Å². The highest BCUT2D eigenvalue weighted by Gasteiger charge is 2.17. The first-order valence-electron chi connectivity index (χ1n) is 4.70. The Kier molecular flexibility index (Phi) is 4.58. The smallest absolute Gasteiger partial charge is 0.265 e. The fourth-order valence-electron chi connectivity index (χ4n) is 1.16. The molecule has 0 aliphatic carbocycles. The number of pyridine rings is 1. The Morgan fingerprint density at radius 1 is 1.40 bits per heavy atom. The van der Waals surface area contributed by atoms with E-state index in [9.17, 15) is 8.78 Å². The molecule has 0 saturated carbocycles. The largest absolute Gasteiger partial charge is 0.386 e. The minimum absolute atomic E-state index is 0.0820. The maximum atomic E-state index is 12.0. The summed E-state index contributed by atoms with van der Waals surface area (Å²) >= 11 is 0. The number of hydrogen-bond acceptors (Lipinski definition) is 3. The third-order valence-corrected chi connectivity index (χ3v) is 2.13. The standard InChI is InChI=1S/C10H14F2N2O/c1-7(8-2-4-13-5-3-8)14-6-9(15)10(11)12/h2-5,7,9-10,14-15H,6H2,1H3. The van der Waals surface area contributed by atoms with Crippen LogP contribution in [0.3, 0.4) is 0 Å². The van der Waals surface area contributed by atoms with Crippen LogP contribution in [0.1, 0.15) is 18.5 Å². The normalized spacial score (nSPS) is 15.3. The lowest BCUT2D eigenvalue weighted by Crippen LogP contribution is -2.33. The van der Waals surface area contributed by atoms with Gasteiger partial charge in [-0.3, -0.25) is 4.98 Å². The molecule has 0 aliphatic rings. The molecule has 5 heteroatoms. The van der Waals surface area contributed by atoms with Gasteiger partial charge in [0, 0.05) is 25.0 Å². The number of aliphatic hydroxyl groups excluding tert-OH is 1. The molecule has 0 radical (unpaired) electrons. The van der Waals surface area contributed by atoms with Gasteiger partial charge in [0.15, 0.2) is 0 Å². The summed E-state index contributed by atoms with van der Waals surface area (Å²) in [5, 5.41) is 11.7. The highest BCUT2D eigenvalue weighted by Crippen LogP contribution is 2.10. The first kappa shape index (κ1) is 12.0. The van der Waals surface area contributed by atoms with Crippen LogP contribution in [0.5, 0.6) is 0 Å². The molecule has 84 valence electrons. The zero-order valence-electron chi connectivity index (χ0n) is 8.40. The average molecular weight is 216 g/mol. The first-order chi connectivity index (χ1) is 7.11. The molecule has 2 atom stereocenters. The van der Waals surface area contributed by atoms with Crippen molar-refractivity contribution < 1.29 is 13.9 Å². The van der Waals surface area contributed by atoms with Gasteiger partial charge in [-0.25, -0.2) is 8.78 Å². The van der Waals surface area contributed by atoms with Crippen molar-refractivity contribution >= 4 is 0 Å². The Bertz CT molecular complexity index is 282. The number of alkyl halides is 2. The summed E-state index contributed by atoms with van der Waals surface area (Å²) in [6.45, 7) is 1.72. The van der Waals surface area contributed by atoms with Gasteiger partial charge in [0.25, 0.3) is 6.43 Å². The molecule has 3 nitrogen and oxygen atoms in total. The Hall–Kier alpha value is -1.07. The molecular weight excluding hydrogens is 202 g/mol. The third-order valence-electron chi connectivity index (χ3n) is 2.13. The number of nitrogens with one attached hydrogen (secondary N) is 1. The Morgan fingerprint density at radius 2 is 2.00 bits per heavy atom. The van der Waals surface area contributed by atoms with Crippen molar-refractivity contribution in [3.05, 3.63) is 30.1 Å². The van der Waals surface area contributed by atoms with Crippen molar-refractivity contribution in [2.24, 2.45) is 0 Å². The maximum Gasteiger partial charge on any atom is 0.265 e. The summed E-state index contributed by atoms with van der Waals surface area (Å²) in [6.07, 6.45) is -1.05. The predicted octanol–water partition coefficient (Wildman–Crippen LogP) is 1.36. The van der Waals surface area contributed by atoms with Crippen LogP contribution in [0.25, 0.3) is 0 Å². The lowest BCUT2D eigenvalue weighted by molar-refractivity contribution is -0.00439. The van der Waals surface area contributed by atoms with Crippen LogP contribution < -0.4 is 5.32 Å². The topological polar surface area (TPSA) is 45.1 Å². The molecule has 15 heavy (non-hydrogen) atoms. The molecule has 0 fully saturated rings. The van der Waals surface area contributed by atoms with Crippen molar-refractivity contribution in [2.45, 2.75) is 25.5 Å². The number of aromatic nitrogens is 1. The molecular formula is C10H14F2N2O. The van der Waals surface area contributed by atoms with E-state index in [-0.39, 0.29) is 12.6 Å². The van der Waals surface area contributed by atoms with Crippen LogP contribution in [-0.4, -0.2) is 29.2 Å². The second-order valence-electron chi connectivity index (χ2n) is 3.31. The zero-order chi connectivity index (χ0) is 11.3. The van der Waals surface area contributed by atoms with Crippen molar-refractivity contribution in [1.82, 2.24) is 10.3 Å². The van der Waals surface area contributed by atoms with Crippen LogP contribution in [0.2, 0.25) is 0 Å². The maximum absolute atomic E-state index is 12.0. The predicted molar refractivity (Wildman–Crippen MR) is 52.7 cm³/mol. The van der Waals surface area contributed by atoms with Crippen LogP contribution in [0.15, 0.2) is 24.5 Å². The highest BCUT2D eigenvalue weighted by molar-refractivity contribution is 5.13. The van der Waals surface area contributed by atoms with Crippen molar-refractivity contribution in [3.8, 4) is 0 Å². The van der Waals surface area contributed by atoms with Gasteiger partial charge in [-0.15, -0.1) is 0 Å². The summed E-state index contributed by atoms with van der Waals surface area (Å²) in [6, 6.07) is 3.51. The van der Waals surface area contributed by atoms with Gasteiger partial charge in [-0.1, -0.05) is 0 Å². The van der Waals surface area contributed by atoms with Crippen LogP contribution in [0.4, 0.5) is 8.78 Å². The Balaban J connectivity index is 2.40. The lowest BCUT2D eigenvalue weighted by atomic mass is 10.1. The molecule has 0 saturated heterocycles. The van der Waals surface area contributed by atoms with Crippen molar-refractivity contribution in [2.75, 3.05) is 6.54 Å². The quantitative estimate of drug-likeness (QED) is 0.781. The monoisotopic (exact) mass is 216 g/mol. The van der Waals surface area contributed by atoms with Crippen LogP contribution in [-0.2, 0) is 0 Å².